The Morgan fingerprint density at radius 3 is 2.67 bits per heavy atom. The second-order valence-corrected chi connectivity index (χ2v) is 6.89. The Hall–Kier alpha value is -0.610. The molecule has 2 unspecified atom stereocenters. The fourth-order valence-corrected chi connectivity index (χ4v) is 4.12. The van der Waals surface area contributed by atoms with Gasteiger partial charge >= 0.3 is 0 Å². The van der Waals surface area contributed by atoms with Crippen LogP contribution >= 0.6 is 11.3 Å². The zero-order valence-corrected chi connectivity index (χ0v) is 13.0. The van der Waals surface area contributed by atoms with Gasteiger partial charge in [-0.3, -0.25) is 0 Å². The normalized spacial score (nSPS) is 24.2. The third kappa shape index (κ3) is 2.69. The van der Waals surface area contributed by atoms with Crippen LogP contribution < -0.4 is 10.2 Å². The summed E-state index contributed by atoms with van der Waals surface area (Å²) >= 11 is 1.87. The molecule has 1 saturated heterocycles. The van der Waals surface area contributed by atoms with Crippen molar-refractivity contribution in [1.82, 2.24) is 10.3 Å². The van der Waals surface area contributed by atoms with E-state index in [0.29, 0.717) is 12.0 Å². The third-order valence-electron chi connectivity index (χ3n) is 3.63. The van der Waals surface area contributed by atoms with Crippen LogP contribution in [-0.4, -0.2) is 24.6 Å². The van der Waals surface area contributed by atoms with Crippen LogP contribution in [0.5, 0.6) is 0 Å². The van der Waals surface area contributed by atoms with Crippen molar-refractivity contribution >= 4 is 16.5 Å². The second-order valence-electron chi connectivity index (χ2n) is 5.83. The predicted molar refractivity (Wildman–Crippen MR) is 79.6 cm³/mol. The minimum absolute atomic E-state index is 0.508. The first-order valence-corrected chi connectivity index (χ1v) is 7.75. The maximum absolute atomic E-state index is 4.90. The highest BCUT2D eigenvalue weighted by Gasteiger charge is 2.29. The van der Waals surface area contributed by atoms with Crippen LogP contribution in [0.3, 0.4) is 0 Å². The van der Waals surface area contributed by atoms with Gasteiger partial charge in [-0.25, -0.2) is 4.98 Å². The lowest BCUT2D eigenvalue weighted by Crippen LogP contribution is -2.26. The van der Waals surface area contributed by atoms with E-state index >= 15 is 0 Å². The van der Waals surface area contributed by atoms with E-state index in [1.165, 1.54) is 22.1 Å². The maximum atomic E-state index is 4.90. The SMILES string of the molecule is CNCc1sc(N2CC(C)CC2C)nc1C(C)C. The van der Waals surface area contributed by atoms with Crippen molar-refractivity contribution < 1.29 is 0 Å². The minimum Gasteiger partial charge on any atom is -0.345 e. The summed E-state index contributed by atoms with van der Waals surface area (Å²) in [6.45, 7) is 11.2. The zero-order chi connectivity index (χ0) is 13.3. The van der Waals surface area contributed by atoms with E-state index in [-0.39, 0.29) is 0 Å². The van der Waals surface area contributed by atoms with Crippen LogP contribution in [0, 0.1) is 5.92 Å². The van der Waals surface area contributed by atoms with Gasteiger partial charge in [0.05, 0.1) is 5.69 Å². The molecule has 102 valence electrons. The van der Waals surface area contributed by atoms with E-state index in [4.69, 9.17) is 4.98 Å². The molecule has 1 aromatic heterocycles. The number of hydrogen-bond acceptors (Lipinski definition) is 4. The number of anilines is 1. The van der Waals surface area contributed by atoms with Crippen LogP contribution in [0.4, 0.5) is 5.13 Å². The summed E-state index contributed by atoms with van der Waals surface area (Å²) in [5.41, 5.74) is 1.27. The summed E-state index contributed by atoms with van der Waals surface area (Å²) in [6, 6.07) is 0.633. The average molecular weight is 267 g/mol. The van der Waals surface area contributed by atoms with E-state index in [0.717, 1.165) is 19.0 Å². The molecule has 1 fully saturated rings. The van der Waals surface area contributed by atoms with Gasteiger partial charge in [0, 0.05) is 24.0 Å². The molecule has 0 spiro atoms. The highest BCUT2D eigenvalue weighted by atomic mass is 32.1. The number of rotatable bonds is 4. The van der Waals surface area contributed by atoms with E-state index in [9.17, 15) is 0 Å². The molecule has 1 N–H and O–H groups in total. The van der Waals surface area contributed by atoms with Crippen LogP contribution in [0.25, 0.3) is 0 Å². The van der Waals surface area contributed by atoms with Gasteiger partial charge in [-0.2, -0.15) is 0 Å². The molecule has 2 heterocycles. The topological polar surface area (TPSA) is 28.2 Å². The van der Waals surface area contributed by atoms with Crippen molar-refractivity contribution in [3.05, 3.63) is 10.6 Å². The first kappa shape index (κ1) is 13.8. The van der Waals surface area contributed by atoms with Crippen molar-refractivity contribution in [3.8, 4) is 0 Å². The van der Waals surface area contributed by atoms with E-state index < -0.39 is 0 Å². The number of nitrogens with one attached hydrogen (secondary N) is 1. The Balaban J connectivity index is 2.26. The third-order valence-corrected chi connectivity index (χ3v) is 4.74. The Labute approximate surface area is 115 Å². The van der Waals surface area contributed by atoms with Gasteiger partial charge in [0.1, 0.15) is 0 Å². The van der Waals surface area contributed by atoms with Crippen LogP contribution in [-0.2, 0) is 6.54 Å². The summed E-state index contributed by atoms with van der Waals surface area (Å²) in [6.07, 6.45) is 1.29. The van der Waals surface area contributed by atoms with Crippen LogP contribution in [0.2, 0.25) is 0 Å². The Kier molecular flexibility index (Phi) is 4.28. The fourth-order valence-electron chi connectivity index (χ4n) is 2.78. The Morgan fingerprint density at radius 2 is 2.17 bits per heavy atom. The van der Waals surface area contributed by atoms with E-state index in [2.05, 4.69) is 37.9 Å². The summed E-state index contributed by atoms with van der Waals surface area (Å²) in [5.74, 6) is 1.30. The smallest absolute Gasteiger partial charge is 0.186 e. The predicted octanol–water partition coefficient (Wildman–Crippen LogP) is 3.22. The standard InChI is InChI=1S/C14H25N3S/c1-9(2)13-12(7-15-5)18-14(16-13)17-8-10(3)6-11(17)4/h9-11,15H,6-8H2,1-5H3. The number of hydrogen-bond donors (Lipinski definition) is 1. The summed E-state index contributed by atoms with van der Waals surface area (Å²) in [5, 5.41) is 4.48. The molecular formula is C14H25N3S. The lowest BCUT2D eigenvalue weighted by molar-refractivity contribution is 0.625. The molecule has 3 nitrogen and oxygen atoms in total. The minimum atomic E-state index is 0.508. The van der Waals surface area contributed by atoms with Crippen molar-refractivity contribution in [2.24, 2.45) is 5.92 Å². The number of thiazole rings is 1. The molecule has 0 saturated carbocycles. The second kappa shape index (κ2) is 5.57. The maximum Gasteiger partial charge on any atom is 0.186 e. The van der Waals surface area contributed by atoms with Crippen LogP contribution in [0.15, 0.2) is 0 Å². The highest BCUT2D eigenvalue weighted by Crippen LogP contribution is 2.35. The molecule has 1 aliphatic heterocycles. The van der Waals surface area contributed by atoms with Gasteiger partial charge in [-0.1, -0.05) is 20.8 Å². The molecular weight excluding hydrogens is 242 g/mol. The van der Waals surface area contributed by atoms with Crippen molar-refractivity contribution in [2.75, 3.05) is 18.5 Å². The van der Waals surface area contributed by atoms with Gasteiger partial charge in [0.2, 0.25) is 0 Å². The van der Waals surface area contributed by atoms with Gasteiger partial charge < -0.3 is 10.2 Å². The first-order chi connectivity index (χ1) is 8.52. The molecule has 1 aliphatic rings. The molecule has 0 aliphatic carbocycles. The summed E-state index contributed by atoms with van der Waals surface area (Å²) in [4.78, 5) is 8.78. The average Bonchev–Trinajstić information content (AvgIpc) is 2.83. The van der Waals surface area contributed by atoms with Gasteiger partial charge in [0.15, 0.2) is 5.13 Å². The lowest BCUT2D eigenvalue weighted by Gasteiger charge is -2.20. The highest BCUT2D eigenvalue weighted by molar-refractivity contribution is 7.15. The summed E-state index contributed by atoms with van der Waals surface area (Å²) < 4.78 is 0. The summed E-state index contributed by atoms with van der Waals surface area (Å²) in [7, 11) is 2.00. The fraction of sp³-hybridized carbons (Fsp3) is 0.786. The van der Waals surface area contributed by atoms with Crippen molar-refractivity contribution in [3.63, 3.8) is 0 Å². The largest absolute Gasteiger partial charge is 0.345 e. The lowest BCUT2D eigenvalue weighted by atomic mass is 10.1. The Bertz CT molecular complexity index is 400. The number of nitrogens with zero attached hydrogens (tertiary/aromatic N) is 2. The van der Waals surface area contributed by atoms with Gasteiger partial charge in [0.25, 0.3) is 0 Å². The van der Waals surface area contributed by atoms with Crippen molar-refractivity contribution in [1.29, 1.82) is 0 Å². The quantitative estimate of drug-likeness (QED) is 0.908. The van der Waals surface area contributed by atoms with Gasteiger partial charge in [-0.15, -0.1) is 11.3 Å². The van der Waals surface area contributed by atoms with Gasteiger partial charge in [-0.05, 0) is 32.2 Å². The molecule has 0 amide bonds. The molecule has 4 heteroatoms. The molecule has 2 atom stereocenters. The van der Waals surface area contributed by atoms with E-state index in [1.807, 2.05) is 18.4 Å². The Morgan fingerprint density at radius 1 is 1.44 bits per heavy atom. The zero-order valence-electron chi connectivity index (χ0n) is 12.2. The van der Waals surface area contributed by atoms with Crippen LogP contribution in [0.1, 0.15) is 50.6 Å². The molecule has 0 radical (unpaired) electrons. The molecule has 18 heavy (non-hydrogen) atoms. The monoisotopic (exact) mass is 267 g/mol. The van der Waals surface area contributed by atoms with Crippen molar-refractivity contribution in [2.45, 2.75) is 52.6 Å². The number of aromatic nitrogens is 1. The molecule has 2 rings (SSSR count). The molecule has 0 aromatic carbocycles. The first-order valence-electron chi connectivity index (χ1n) is 6.93. The van der Waals surface area contributed by atoms with E-state index in [1.54, 1.807) is 0 Å². The molecule has 1 aromatic rings. The molecule has 0 bridgehead atoms.